The minimum Gasteiger partial charge on any atom is -0.431 e. The van der Waals surface area contributed by atoms with Crippen molar-refractivity contribution in [1.82, 2.24) is 14.8 Å². The van der Waals surface area contributed by atoms with Crippen LogP contribution in [0.15, 0.2) is 48.5 Å². The third kappa shape index (κ3) is 3.43. The Balaban J connectivity index is 1.25. The van der Waals surface area contributed by atoms with Crippen molar-refractivity contribution in [3.8, 4) is 10.9 Å². The van der Waals surface area contributed by atoms with Gasteiger partial charge in [-0.1, -0.05) is 35.6 Å². The van der Waals surface area contributed by atoms with E-state index in [4.69, 9.17) is 16.2 Å². The molecule has 0 radical (unpaired) electrons. The quantitative estimate of drug-likeness (QED) is 0.691. The molecular formula is C21H23N5O2S. The van der Waals surface area contributed by atoms with Gasteiger partial charge in [-0.3, -0.25) is 4.90 Å². The summed E-state index contributed by atoms with van der Waals surface area (Å²) in [7, 11) is 0. The van der Waals surface area contributed by atoms with Crippen molar-refractivity contribution in [2.75, 3.05) is 19.6 Å². The monoisotopic (exact) mass is 409 g/mol. The lowest BCUT2D eigenvalue weighted by Gasteiger charge is -2.27. The molecule has 7 nitrogen and oxygen atoms in total. The summed E-state index contributed by atoms with van der Waals surface area (Å²) in [6, 6.07) is 15.8. The van der Waals surface area contributed by atoms with Crippen LogP contribution in [0, 0.1) is 0 Å². The van der Waals surface area contributed by atoms with Gasteiger partial charge in [-0.2, -0.15) is 0 Å². The first-order chi connectivity index (χ1) is 14.0. The van der Waals surface area contributed by atoms with Crippen LogP contribution in [-0.2, 0) is 6.54 Å². The largest absolute Gasteiger partial charge is 0.431 e. The number of nitrogens with two attached hydrogens (primary N) is 2. The molecule has 3 aromatic rings. The molecule has 2 atom stereocenters. The van der Waals surface area contributed by atoms with Gasteiger partial charge in [0.05, 0.1) is 15.8 Å². The molecule has 2 amide bonds. The van der Waals surface area contributed by atoms with E-state index in [0.29, 0.717) is 18.3 Å². The maximum Gasteiger partial charge on any atom is 0.314 e. The Morgan fingerprint density at radius 2 is 2.03 bits per heavy atom. The second kappa shape index (κ2) is 6.98. The molecule has 2 aromatic carbocycles. The van der Waals surface area contributed by atoms with E-state index >= 15 is 0 Å². The standard InChI is InChI=1S/C21H23N5O2S/c22-19(27)26-12-18-21(23,13-26)9-10-25(18)11-14-5-7-15(8-6-14)28-20-24-16-3-1-2-4-17(16)29-20/h1-8,18H,9-13,23H2,(H2,22,27)/t18-,21-/m1/s1. The molecule has 0 unspecified atom stereocenters. The second-order valence-electron chi connectivity index (χ2n) is 7.88. The van der Waals surface area contributed by atoms with Gasteiger partial charge in [0.2, 0.25) is 0 Å². The third-order valence-corrected chi connectivity index (χ3v) is 6.86. The zero-order valence-corrected chi connectivity index (χ0v) is 16.8. The zero-order valence-electron chi connectivity index (χ0n) is 16.0. The van der Waals surface area contributed by atoms with Crippen LogP contribution in [0.5, 0.6) is 10.9 Å². The maximum absolute atomic E-state index is 11.5. The van der Waals surface area contributed by atoms with Crippen LogP contribution in [0.3, 0.4) is 0 Å². The van der Waals surface area contributed by atoms with Crippen molar-refractivity contribution in [2.45, 2.75) is 24.5 Å². The first-order valence-corrected chi connectivity index (χ1v) is 10.5. The van der Waals surface area contributed by atoms with Crippen molar-refractivity contribution >= 4 is 27.6 Å². The number of primary amides is 1. The number of amides is 2. The number of hydrogen-bond donors (Lipinski definition) is 2. The van der Waals surface area contributed by atoms with E-state index in [9.17, 15) is 4.79 Å². The molecule has 0 bridgehead atoms. The average molecular weight is 410 g/mol. The molecule has 2 fully saturated rings. The van der Waals surface area contributed by atoms with Gasteiger partial charge in [0.1, 0.15) is 5.75 Å². The highest BCUT2D eigenvalue weighted by molar-refractivity contribution is 7.20. The highest BCUT2D eigenvalue weighted by Crippen LogP contribution is 2.35. The van der Waals surface area contributed by atoms with E-state index in [2.05, 4.69) is 22.0 Å². The summed E-state index contributed by atoms with van der Waals surface area (Å²) in [4.78, 5) is 20.1. The zero-order chi connectivity index (χ0) is 20.0. The number of nitrogens with zero attached hydrogens (tertiary/aromatic N) is 3. The molecule has 5 rings (SSSR count). The topological polar surface area (TPSA) is 97.7 Å². The van der Waals surface area contributed by atoms with Gasteiger partial charge < -0.3 is 21.1 Å². The van der Waals surface area contributed by atoms with Crippen LogP contribution in [0.25, 0.3) is 10.2 Å². The summed E-state index contributed by atoms with van der Waals surface area (Å²) in [5, 5.41) is 0.643. The van der Waals surface area contributed by atoms with Crippen LogP contribution in [0.2, 0.25) is 0 Å². The van der Waals surface area contributed by atoms with Gasteiger partial charge in [-0.25, -0.2) is 9.78 Å². The Morgan fingerprint density at radius 3 is 2.79 bits per heavy atom. The van der Waals surface area contributed by atoms with Crippen molar-refractivity contribution in [3.05, 3.63) is 54.1 Å². The highest BCUT2D eigenvalue weighted by Gasteiger charge is 2.51. The summed E-state index contributed by atoms with van der Waals surface area (Å²) in [5.41, 5.74) is 13.8. The minimum atomic E-state index is -0.388. The van der Waals surface area contributed by atoms with Gasteiger partial charge in [-0.15, -0.1) is 0 Å². The maximum atomic E-state index is 11.5. The molecule has 2 aliphatic rings. The fraction of sp³-hybridized carbons (Fsp3) is 0.333. The average Bonchev–Trinajstić information content (AvgIpc) is 3.35. The van der Waals surface area contributed by atoms with E-state index in [0.717, 1.165) is 35.5 Å². The molecule has 3 heterocycles. The minimum absolute atomic E-state index is 0.147. The number of benzene rings is 2. The second-order valence-corrected chi connectivity index (χ2v) is 8.87. The van der Waals surface area contributed by atoms with Crippen molar-refractivity contribution in [3.63, 3.8) is 0 Å². The SMILES string of the molecule is NC(=O)N1C[C@H]2N(Cc3ccc(Oc4nc5ccccc5s4)cc3)CC[C@@]2(N)C1. The smallest absolute Gasteiger partial charge is 0.314 e. The molecule has 8 heteroatoms. The van der Waals surface area contributed by atoms with Crippen LogP contribution >= 0.6 is 11.3 Å². The van der Waals surface area contributed by atoms with Crippen molar-refractivity contribution in [2.24, 2.45) is 11.5 Å². The molecule has 4 N–H and O–H groups in total. The number of urea groups is 1. The predicted octanol–water partition coefficient (Wildman–Crippen LogP) is 2.75. The van der Waals surface area contributed by atoms with E-state index < -0.39 is 0 Å². The van der Waals surface area contributed by atoms with E-state index in [-0.39, 0.29) is 17.6 Å². The number of ether oxygens (including phenoxy) is 1. The Bertz CT molecular complexity index is 1020. The van der Waals surface area contributed by atoms with Gasteiger partial charge in [0, 0.05) is 32.2 Å². The number of aromatic nitrogens is 1. The number of rotatable bonds is 4. The number of fused-ring (bicyclic) bond motifs is 2. The van der Waals surface area contributed by atoms with E-state index in [1.54, 1.807) is 4.90 Å². The molecule has 0 aliphatic carbocycles. The number of carbonyl (C=O) groups is 1. The first kappa shape index (κ1) is 18.4. The van der Waals surface area contributed by atoms with Gasteiger partial charge in [-0.05, 0) is 36.2 Å². The number of para-hydroxylation sites is 1. The number of carbonyl (C=O) groups excluding carboxylic acids is 1. The molecule has 1 aromatic heterocycles. The molecule has 2 aliphatic heterocycles. The number of hydrogen-bond acceptors (Lipinski definition) is 6. The summed E-state index contributed by atoms with van der Waals surface area (Å²) >= 11 is 1.54. The first-order valence-electron chi connectivity index (χ1n) is 9.70. The normalized spacial score (nSPS) is 24.2. The Hall–Kier alpha value is -2.68. The molecule has 29 heavy (non-hydrogen) atoms. The van der Waals surface area contributed by atoms with Crippen LogP contribution in [0.1, 0.15) is 12.0 Å². The molecule has 150 valence electrons. The number of likely N-dealkylation sites (tertiary alicyclic amines) is 2. The Morgan fingerprint density at radius 1 is 1.24 bits per heavy atom. The summed E-state index contributed by atoms with van der Waals surface area (Å²) in [6.07, 6.45) is 0.875. The predicted molar refractivity (Wildman–Crippen MR) is 113 cm³/mol. The van der Waals surface area contributed by atoms with Crippen molar-refractivity contribution in [1.29, 1.82) is 0 Å². The molecular weight excluding hydrogens is 386 g/mol. The highest BCUT2D eigenvalue weighted by atomic mass is 32.1. The van der Waals surface area contributed by atoms with E-state index in [1.165, 1.54) is 16.9 Å². The fourth-order valence-corrected chi connectivity index (χ4v) is 5.23. The van der Waals surface area contributed by atoms with Crippen LogP contribution in [-0.4, -0.2) is 52.0 Å². The fourth-order valence-electron chi connectivity index (χ4n) is 4.40. The Labute approximate surface area is 172 Å². The summed E-state index contributed by atoms with van der Waals surface area (Å²) in [5.74, 6) is 0.767. The van der Waals surface area contributed by atoms with Crippen molar-refractivity contribution < 1.29 is 9.53 Å². The lowest BCUT2D eigenvalue weighted by Crippen LogP contribution is -2.50. The molecule has 2 saturated heterocycles. The number of thiazole rings is 1. The molecule has 0 saturated carbocycles. The van der Waals surface area contributed by atoms with Crippen LogP contribution in [0.4, 0.5) is 4.79 Å². The lowest BCUT2D eigenvalue weighted by atomic mass is 9.95. The molecule has 0 spiro atoms. The van der Waals surface area contributed by atoms with Crippen LogP contribution < -0.4 is 16.2 Å². The Kier molecular flexibility index (Phi) is 4.42. The van der Waals surface area contributed by atoms with Gasteiger partial charge >= 0.3 is 6.03 Å². The van der Waals surface area contributed by atoms with E-state index in [1.807, 2.05) is 36.4 Å². The lowest BCUT2D eigenvalue weighted by molar-refractivity contribution is 0.200. The summed E-state index contributed by atoms with van der Waals surface area (Å²) < 4.78 is 7.04. The van der Waals surface area contributed by atoms with Gasteiger partial charge in [0.25, 0.3) is 5.19 Å². The summed E-state index contributed by atoms with van der Waals surface area (Å²) in [6.45, 7) is 2.86. The van der Waals surface area contributed by atoms with Gasteiger partial charge in [0.15, 0.2) is 0 Å². The third-order valence-electron chi connectivity index (χ3n) is 5.95.